The molecule has 0 bridgehead atoms. The molecular weight excluding hydrogens is 316 g/mol. The molecule has 2 amide bonds. The average molecular weight is 338 g/mol. The van der Waals surface area contributed by atoms with Gasteiger partial charge in [-0.05, 0) is 16.7 Å². The van der Waals surface area contributed by atoms with Crippen molar-refractivity contribution in [2.75, 3.05) is 6.61 Å². The molecule has 2 aromatic carbocycles. The van der Waals surface area contributed by atoms with Crippen molar-refractivity contribution in [3.8, 4) is 0 Å². The second-order valence-corrected chi connectivity index (χ2v) is 6.29. The van der Waals surface area contributed by atoms with Crippen LogP contribution in [0.1, 0.15) is 29.7 Å². The second-order valence-electron chi connectivity index (χ2n) is 6.29. The molecule has 1 heterocycles. The largest absolute Gasteiger partial charge is 0.394 e. The lowest BCUT2D eigenvalue weighted by Crippen LogP contribution is -2.52. The van der Waals surface area contributed by atoms with E-state index in [1.54, 1.807) is 4.90 Å². The van der Waals surface area contributed by atoms with Gasteiger partial charge in [-0.1, -0.05) is 54.6 Å². The molecule has 0 radical (unpaired) electrons. The number of rotatable bonds is 4. The molecule has 1 unspecified atom stereocenters. The number of carbonyl (C=O) groups is 2. The molecule has 25 heavy (non-hydrogen) atoms. The zero-order chi connectivity index (χ0) is 17.8. The number of amides is 2. The van der Waals surface area contributed by atoms with E-state index in [-0.39, 0.29) is 18.4 Å². The van der Waals surface area contributed by atoms with Crippen LogP contribution in [0.5, 0.6) is 0 Å². The van der Waals surface area contributed by atoms with Gasteiger partial charge in [-0.25, -0.2) is 0 Å². The highest BCUT2D eigenvalue weighted by Gasteiger charge is 2.33. The van der Waals surface area contributed by atoms with Crippen LogP contribution in [-0.2, 0) is 22.6 Å². The van der Waals surface area contributed by atoms with E-state index >= 15 is 0 Å². The maximum atomic E-state index is 12.8. The number of benzene rings is 2. The van der Waals surface area contributed by atoms with Gasteiger partial charge in [0.25, 0.3) is 0 Å². The summed E-state index contributed by atoms with van der Waals surface area (Å²) in [4.78, 5) is 26.5. The summed E-state index contributed by atoms with van der Waals surface area (Å²) in [5.41, 5.74) is 2.99. The maximum Gasteiger partial charge on any atom is 0.243 e. The summed E-state index contributed by atoms with van der Waals surface area (Å²) in [6, 6.07) is 16.1. The van der Waals surface area contributed by atoms with Crippen molar-refractivity contribution in [1.82, 2.24) is 10.2 Å². The minimum absolute atomic E-state index is 0.130. The molecule has 0 spiro atoms. The summed E-state index contributed by atoms with van der Waals surface area (Å²) in [6.07, 6.45) is 0.481. The molecule has 0 aliphatic carbocycles. The van der Waals surface area contributed by atoms with Crippen molar-refractivity contribution < 1.29 is 14.7 Å². The van der Waals surface area contributed by atoms with Gasteiger partial charge in [0.2, 0.25) is 11.8 Å². The van der Waals surface area contributed by atoms with E-state index in [1.807, 2.05) is 54.6 Å². The molecule has 5 heteroatoms. The Morgan fingerprint density at radius 1 is 1.12 bits per heavy atom. The first-order valence-corrected chi connectivity index (χ1v) is 8.40. The summed E-state index contributed by atoms with van der Waals surface area (Å²) >= 11 is 0. The van der Waals surface area contributed by atoms with Gasteiger partial charge >= 0.3 is 0 Å². The highest BCUT2D eigenvalue weighted by atomic mass is 16.3. The van der Waals surface area contributed by atoms with Crippen molar-refractivity contribution >= 4 is 11.8 Å². The highest BCUT2D eigenvalue weighted by Crippen LogP contribution is 2.24. The summed E-state index contributed by atoms with van der Waals surface area (Å²) in [5, 5.41) is 12.5. The molecule has 0 aromatic heterocycles. The number of carbonyl (C=O) groups excluding carboxylic acids is 2. The van der Waals surface area contributed by atoms with E-state index in [4.69, 9.17) is 0 Å². The fourth-order valence-electron chi connectivity index (χ4n) is 3.28. The van der Waals surface area contributed by atoms with E-state index in [9.17, 15) is 14.7 Å². The fourth-order valence-corrected chi connectivity index (χ4v) is 3.28. The van der Waals surface area contributed by atoms with Crippen LogP contribution in [0.3, 0.4) is 0 Å². The van der Waals surface area contributed by atoms with Gasteiger partial charge in [0.1, 0.15) is 6.04 Å². The van der Waals surface area contributed by atoms with Crippen LogP contribution in [0, 0.1) is 0 Å². The average Bonchev–Trinajstić information content (AvgIpc) is 2.65. The quantitative estimate of drug-likeness (QED) is 0.893. The Balaban J connectivity index is 1.81. The lowest BCUT2D eigenvalue weighted by molar-refractivity contribution is -0.140. The first-order chi connectivity index (χ1) is 12.1. The van der Waals surface area contributed by atoms with Crippen molar-refractivity contribution in [2.24, 2.45) is 0 Å². The lowest BCUT2D eigenvalue weighted by atomic mass is 9.93. The molecule has 1 aliphatic rings. The molecule has 2 N–H and O–H groups in total. The summed E-state index contributed by atoms with van der Waals surface area (Å²) < 4.78 is 0. The van der Waals surface area contributed by atoms with Crippen LogP contribution < -0.4 is 5.32 Å². The Morgan fingerprint density at radius 2 is 1.76 bits per heavy atom. The number of nitrogens with zero attached hydrogens (tertiary/aromatic N) is 1. The molecule has 1 aliphatic heterocycles. The Labute approximate surface area is 147 Å². The third-order valence-corrected chi connectivity index (χ3v) is 4.66. The first kappa shape index (κ1) is 17.2. The van der Waals surface area contributed by atoms with Gasteiger partial charge in [0, 0.05) is 19.9 Å². The Morgan fingerprint density at radius 3 is 2.40 bits per heavy atom. The summed E-state index contributed by atoms with van der Waals surface area (Å²) in [5.74, 6) is -0.373. The maximum absolute atomic E-state index is 12.8. The SMILES string of the molecule is CC(=O)N1Cc2ccccc2CC1C(=O)N[C@H](CO)c1ccccc1. The van der Waals surface area contributed by atoms with Crippen LogP contribution in [-0.4, -0.2) is 34.5 Å². The van der Waals surface area contributed by atoms with Crippen LogP contribution >= 0.6 is 0 Å². The Hall–Kier alpha value is -2.66. The molecule has 0 fully saturated rings. The molecule has 2 aromatic rings. The number of hydrogen-bond acceptors (Lipinski definition) is 3. The van der Waals surface area contributed by atoms with E-state index in [2.05, 4.69) is 5.32 Å². The number of aliphatic hydroxyl groups is 1. The number of fused-ring (bicyclic) bond motifs is 1. The van der Waals surface area contributed by atoms with Crippen LogP contribution in [0.25, 0.3) is 0 Å². The molecule has 5 nitrogen and oxygen atoms in total. The van der Waals surface area contributed by atoms with E-state index in [0.29, 0.717) is 13.0 Å². The molecule has 130 valence electrons. The fraction of sp³-hybridized carbons (Fsp3) is 0.300. The third-order valence-electron chi connectivity index (χ3n) is 4.66. The highest BCUT2D eigenvalue weighted by molar-refractivity contribution is 5.88. The van der Waals surface area contributed by atoms with Gasteiger partial charge in [-0.2, -0.15) is 0 Å². The monoisotopic (exact) mass is 338 g/mol. The predicted octanol–water partition coefficient (Wildman–Crippen LogP) is 1.81. The van der Waals surface area contributed by atoms with E-state index in [0.717, 1.165) is 16.7 Å². The topological polar surface area (TPSA) is 69.6 Å². The summed E-state index contributed by atoms with van der Waals surface area (Å²) in [7, 11) is 0. The number of aliphatic hydroxyl groups excluding tert-OH is 1. The smallest absolute Gasteiger partial charge is 0.243 e. The molecule has 0 saturated heterocycles. The number of hydrogen-bond donors (Lipinski definition) is 2. The minimum Gasteiger partial charge on any atom is -0.394 e. The van der Waals surface area contributed by atoms with Crippen LogP contribution in [0.4, 0.5) is 0 Å². The zero-order valence-electron chi connectivity index (χ0n) is 14.2. The van der Waals surface area contributed by atoms with E-state index < -0.39 is 12.1 Å². The summed E-state index contributed by atoms with van der Waals surface area (Å²) in [6.45, 7) is 1.72. The normalized spacial score (nSPS) is 17.5. The van der Waals surface area contributed by atoms with Crippen molar-refractivity contribution in [1.29, 1.82) is 0 Å². The van der Waals surface area contributed by atoms with Crippen molar-refractivity contribution in [3.63, 3.8) is 0 Å². The molecule has 3 rings (SSSR count). The van der Waals surface area contributed by atoms with Crippen LogP contribution in [0.2, 0.25) is 0 Å². The zero-order valence-corrected chi connectivity index (χ0v) is 14.2. The van der Waals surface area contributed by atoms with Gasteiger partial charge in [0.15, 0.2) is 0 Å². The Bertz CT molecular complexity index is 761. The molecule has 0 saturated carbocycles. The van der Waals surface area contributed by atoms with Gasteiger partial charge in [-0.15, -0.1) is 0 Å². The minimum atomic E-state index is -0.565. The standard InChI is InChI=1S/C20H22N2O3/c1-14(24)22-12-17-10-6-5-9-16(17)11-19(22)20(25)21-18(13-23)15-7-3-2-4-8-15/h2-10,18-19,23H,11-13H2,1H3,(H,21,25)/t18-,19?/m1/s1. The van der Waals surface area contributed by atoms with Crippen LogP contribution in [0.15, 0.2) is 54.6 Å². The number of nitrogens with one attached hydrogen (secondary N) is 1. The molecular formula is C20H22N2O3. The van der Waals surface area contributed by atoms with Gasteiger partial charge in [-0.3, -0.25) is 9.59 Å². The molecule has 2 atom stereocenters. The third kappa shape index (κ3) is 3.72. The van der Waals surface area contributed by atoms with Gasteiger partial charge < -0.3 is 15.3 Å². The van der Waals surface area contributed by atoms with Crippen molar-refractivity contribution in [2.45, 2.75) is 32.0 Å². The van der Waals surface area contributed by atoms with Gasteiger partial charge in [0.05, 0.1) is 12.6 Å². The van der Waals surface area contributed by atoms with E-state index in [1.165, 1.54) is 6.92 Å². The van der Waals surface area contributed by atoms with Crippen molar-refractivity contribution in [3.05, 3.63) is 71.3 Å². The Kier molecular flexibility index (Phi) is 5.14. The predicted molar refractivity (Wildman–Crippen MR) is 94.6 cm³/mol. The second kappa shape index (κ2) is 7.49. The lowest BCUT2D eigenvalue weighted by Gasteiger charge is -2.36. The first-order valence-electron chi connectivity index (χ1n) is 8.40.